The van der Waals surface area contributed by atoms with Gasteiger partial charge in [-0.25, -0.2) is 4.79 Å². The number of rotatable bonds is 8. The van der Waals surface area contributed by atoms with Gasteiger partial charge in [-0.15, -0.1) is 0 Å². The van der Waals surface area contributed by atoms with Crippen molar-refractivity contribution in [2.75, 3.05) is 25.6 Å². The lowest BCUT2D eigenvalue weighted by atomic mass is 10.2. The highest BCUT2D eigenvalue weighted by Gasteiger charge is 2.28. The molecule has 2 rings (SSSR count). The Morgan fingerprint density at radius 3 is 2.54 bits per heavy atom. The molecular weight excluding hydrogens is 377 g/mol. The largest absolute Gasteiger partial charge is 0.493 e. The average molecular weight is 398 g/mol. The molecule has 0 fully saturated rings. The first-order valence-corrected chi connectivity index (χ1v) is 8.45. The predicted molar refractivity (Wildman–Crippen MR) is 98.0 cm³/mol. The number of carbonyl (C=O) groups is 1. The van der Waals surface area contributed by atoms with Gasteiger partial charge in [0.2, 0.25) is 0 Å². The summed E-state index contributed by atoms with van der Waals surface area (Å²) in [5.74, 6) is 1.12. The monoisotopic (exact) mass is 398 g/mol. The summed E-state index contributed by atoms with van der Waals surface area (Å²) in [5, 5.41) is 5.28. The van der Waals surface area contributed by atoms with Crippen molar-refractivity contribution in [2.24, 2.45) is 0 Å². The molecule has 0 saturated carbocycles. The zero-order chi connectivity index (χ0) is 20.6. The number of ether oxygens (including phenoxy) is 3. The number of carbonyl (C=O) groups excluding carboxylic acids is 1. The van der Waals surface area contributed by atoms with E-state index >= 15 is 0 Å². The van der Waals surface area contributed by atoms with Crippen LogP contribution < -0.4 is 24.8 Å². The highest BCUT2D eigenvalue weighted by molar-refractivity contribution is 5.89. The SMILES string of the molecule is CCOc1cc(NC(=O)NCc2cccc(OCC(F)(F)F)c2)ccc1OC. The fourth-order valence-corrected chi connectivity index (χ4v) is 2.29. The topological polar surface area (TPSA) is 68.8 Å². The van der Waals surface area contributed by atoms with Gasteiger partial charge in [0.1, 0.15) is 5.75 Å². The quantitative estimate of drug-likeness (QED) is 0.694. The van der Waals surface area contributed by atoms with Crippen molar-refractivity contribution < 1.29 is 32.2 Å². The molecular formula is C19H21F3N2O4. The third-order valence-electron chi connectivity index (χ3n) is 3.48. The van der Waals surface area contributed by atoms with Gasteiger partial charge < -0.3 is 24.8 Å². The molecule has 0 aliphatic rings. The van der Waals surface area contributed by atoms with E-state index in [-0.39, 0.29) is 12.3 Å². The average Bonchev–Trinajstić information content (AvgIpc) is 2.65. The van der Waals surface area contributed by atoms with Crippen molar-refractivity contribution in [2.45, 2.75) is 19.6 Å². The molecule has 6 nitrogen and oxygen atoms in total. The summed E-state index contributed by atoms with van der Waals surface area (Å²) >= 11 is 0. The van der Waals surface area contributed by atoms with Crippen LogP contribution in [0.3, 0.4) is 0 Å². The summed E-state index contributed by atoms with van der Waals surface area (Å²) in [6.07, 6.45) is -4.41. The number of nitrogens with one attached hydrogen (secondary N) is 2. The van der Waals surface area contributed by atoms with Crippen molar-refractivity contribution in [1.82, 2.24) is 5.32 Å². The van der Waals surface area contributed by atoms with E-state index in [0.29, 0.717) is 29.4 Å². The number of benzene rings is 2. The molecule has 2 amide bonds. The lowest BCUT2D eigenvalue weighted by Crippen LogP contribution is -2.28. The molecule has 0 spiro atoms. The molecule has 2 aromatic rings. The van der Waals surface area contributed by atoms with Crippen molar-refractivity contribution in [1.29, 1.82) is 0 Å². The fourth-order valence-electron chi connectivity index (χ4n) is 2.29. The third-order valence-corrected chi connectivity index (χ3v) is 3.48. The zero-order valence-corrected chi connectivity index (χ0v) is 15.4. The second kappa shape index (κ2) is 9.72. The molecule has 0 atom stereocenters. The van der Waals surface area contributed by atoms with Crippen molar-refractivity contribution >= 4 is 11.7 Å². The van der Waals surface area contributed by atoms with Crippen LogP contribution in [0.1, 0.15) is 12.5 Å². The third kappa shape index (κ3) is 6.90. The maximum absolute atomic E-state index is 12.2. The highest BCUT2D eigenvalue weighted by Crippen LogP contribution is 2.30. The molecule has 0 bridgehead atoms. The smallest absolute Gasteiger partial charge is 0.422 e. The fraction of sp³-hybridized carbons (Fsp3) is 0.316. The summed E-state index contributed by atoms with van der Waals surface area (Å²) in [4.78, 5) is 12.1. The lowest BCUT2D eigenvalue weighted by molar-refractivity contribution is -0.153. The summed E-state index contributed by atoms with van der Waals surface area (Å²) in [6.45, 7) is 1.02. The predicted octanol–water partition coefficient (Wildman–Crippen LogP) is 4.36. The second-order valence-corrected chi connectivity index (χ2v) is 5.66. The zero-order valence-electron chi connectivity index (χ0n) is 15.4. The standard InChI is InChI=1S/C19H21F3N2O4/c1-3-27-17-10-14(7-8-16(17)26-2)24-18(25)23-11-13-5-4-6-15(9-13)28-12-19(20,21)22/h4-10H,3,11-12H2,1-2H3,(H2,23,24,25). The first-order chi connectivity index (χ1) is 13.3. The van der Waals surface area contributed by atoms with Crippen molar-refractivity contribution in [3.8, 4) is 17.2 Å². The van der Waals surface area contributed by atoms with Crippen molar-refractivity contribution in [3.63, 3.8) is 0 Å². The number of urea groups is 1. The Balaban J connectivity index is 1.91. The van der Waals surface area contributed by atoms with Crippen LogP contribution in [0.25, 0.3) is 0 Å². The van der Waals surface area contributed by atoms with E-state index in [0.717, 1.165) is 0 Å². The van der Waals surface area contributed by atoms with Crippen LogP contribution >= 0.6 is 0 Å². The van der Waals surface area contributed by atoms with Gasteiger partial charge in [-0.3, -0.25) is 0 Å². The molecule has 0 aliphatic carbocycles. The van der Waals surface area contributed by atoms with Crippen LogP contribution in [0.5, 0.6) is 17.2 Å². The number of amides is 2. The Morgan fingerprint density at radius 1 is 1.07 bits per heavy atom. The molecule has 0 heterocycles. The molecule has 0 aliphatic heterocycles. The van der Waals surface area contributed by atoms with Crippen LogP contribution in [0, 0.1) is 0 Å². The Labute approximate surface area is 160 Å². The Bertz CT molecular complexity index is 797. The minimum Gasteiger partial charge on any atom is -0.493 e. The molecule has 0 radical (unpaired) electrons. The Kier molecular flexibility index (Phi) is 7.36. The van der Waals surface area contributed by atoms with Gasteiger partial charge in [0, 0.05) is 18.3 Å². The van der Waals surface area contributed by atoms with Gasteiger partial charge >= 0.3 is 12.2 Å². The van der Waals surface area contributed by atoms with E-state index in [1.54, 1.807) is 30.3 Å². The van der Waals surface area contributed by atoms with E-state index in [1.807, 2.05) is 6.92 Å². The van der Waals surface area contributed by atoms with Gasteiger partial charge in [0.15, 0.2) is 18.1 Å². The van der Waals surface area contributed by atoms with Gasteiger partial charge in [-0.05, 0) is 36.8 Å². The molecule has 0 saturated heterocycles. The first-order valence-electron chi connectivity index (χ1n) is 8.45. The number of hydrogen-bond acceptors (Lipinski definition) is 4. The molecule has 9 heteroatoms. The Morgan fingerprint density at radius 2 is 1.86 bits per heavy atom. The van der Waals surface area contributed by atoms with Crippen LogP contribution in [0.4, 0.5) is 23.7 Å². The van der Waals surface area contributed by atoms with E-state index in [1.165, 1.54) is 19.2 Å². The van der Waals surface area contributed by atoms with Crippen LogP contribution in [-0.4, -0.2) is 32.5 Å². The van der Waals surface area contributed by atoms with Crippen LogP contribution in [0.2, 0.25) is 0 Å². The molecule has 2 aromatic carbocycles. The molecule has 2 N–H and O–H groups in total. The first kappa shape index (κ1) is 21.2. The highest BCUT2D eigenvalue weighted by atomic mass is 19.4. The molecule has 28 heavy (non-hydrogen) atoms. The molecule has 0 unspecified atom stereocenters. The summed E-state index contributed by atoms with van der Waals surface area (Å²) in [6, 6.07) is 10.6. The maximum atomic E-state index is 12.2. The number of methoxy groups -OCH3 is 1. The van der Waals surface area contributed by atoms with Gasteiger partial charge in [-0.1, -0.05) is 12.1 Å². The van der Waals surface area contributed by atoms with Gasteiger partial charge in [0.05, 0.1) is 13.7 Å². The van der Waals surface area contributed by atoms with E-state index < -0.39 is 18.8 Å². The number of hydrogen-bond donors (Lipinski definition) is 2. The summed E-state index contributed by atoms with van der Waals surface area (Å²) in [5.41, 5.74) is 1.10. The van der Waals surface area contributed by atoms with Crippen LogP contribution in [0.15, 0.2) is 42.5 Å². The minimum absolute atomic E-state index is 0.0774. The van der Waals surface area contributed by atoms with Crippen LogP contribution in [-0.2, 0) is 6.54 Å². The maximum Gasteiger partial charge on any atom is 0.422 e. The van der Waals surface area contributed by atoms with Gasteiger partial charge in [-0.2, -0.15) is 13.2 Å². The second-order valence-electron chi connectivity index (χ2n) is 5.66. The minimum atomic E-state index is -4.41. The summed E-state index contributed by atoms with van der Waals surface area (Å²) < 4.78 is 52.0. The Hall–Kier alpha value is -3.10. The number of anilines is 1. The van der Waals surface area contributed by atoms with E-state index in [2.05, 4.69) is 10.6 Å². The number of halogens is 3. The molecule has 152 valence electrons. The van der Waals surface area contributed by atoms with Crippen molar-refractivity contribution in [3.05, 3.63) is 48.0 Å². The van der Waals surface area contributed by atoms with Gasteiger partial charge in [0.25, 0.3) is 0 Å². The number of alkyl halides is 3. The van der Waals surface area contributed by atoms with E-state index in [4.69, 9.17) is 14.2 Å². The molecule has 0 aromatic heterocycles. The van der Waals surface area contributed by atoms with E-state index in [9.17, 15) is 18.0 Å². The summed E-state index contributed by atoms with van der Waals surface area (Å²) in [7, 11) is 1.52. The normalized spacial score (nSPS) is 10.9. The lowest BCUT2D eigenvalue weighted by Gasteiger charge is -2.13.